The summed E-state index contributed by atoms with van der Waals surface area (Å²) in [4.78, 5) is 18.6. The molecular weight excluding hydrogens is 286 g/mol. The van der Waals surface area contributed by atoms with Gasteiger partial charge in [0.1, 0.15) is 0 Å². The molecule has 1 aliphatic heterocycles. The van der Waals surface area contributed by atoms with Gasteiger partial charge in [0.25, 0.3) is 5.78 Å². The van der Waals surface area contributed by atoms with Crippen molar-refractivity contribution in [2.45, 2.75) is 50.4 Å². The molecule has 2 aromatic heterocycles. The zero-order valence-electron chi connectivity index (χ0n) is 12.3. The third kappa shape index (κ3) is 2.88. The van der Waals surface area contributed by atoms with Crippen molar-refractivity contribution in [1.29, 1.82) is 0 Å². The molecule has 6 nitrogen and oxygen atoms in total. The van der Waals surface area contributed by atoms with Gasteiger partial charge in [-0.2, -0.15) is 0 Å². The Bertz CT molecular complexity index is 633. The Balaban J connectivity index is 1.68. The number of piperidine rings is 1. The number of thioether (sulfide) groups is 1. The van der Waals surface area contributed by atoms with Crippen LogP contribution in [0, 0.1) is 0 Å². The first kappa shape index (κ1) is 14.3. The fraction of sp³-hybridized carbons (Fsp3) is 0.571. The molecule has 112 valence electrons. The monoisotopic (exact) mass is 305 g/mol. The van der Waals surface area contributed by atoms with Gasteiger partial charge >= 0.3 is 0 Å². The average Bonchev–Trinajstić information content (AvgIpc) is 2.88. The zero-order valence-corrected chi connectivity index (χ0v) is 13.1. The summed E-state index contributed by atoms with van der Waals surface area (Å²) >= 11 is 1.42. The van der Waals surface area contributed by atoms with E-state index in [0.29, 0.717) is 28.8 Å². The lowest BCUT2D eigenvalue weighted by Gasteiger charge is -2.39. The minimum absolute atomic E-state index is 0.181. The van der Waals surface area contributed by atoms with Gasteiger partial charge in [-0.25, -0.2) is 4.98 Å². The van der Waals surface area contributed by atoms with E-state index in [2.05, 4.69) is 29.0 Å². The van der Waals surface area contributed by atoms with Crippen LogP contribution in [0.5, 0.6) is 0 Å². The van der Waals surface area contributed by atoms with Crippen LogP contribution in [-0.4, -0.2) is 48.2 Å². The molecular formula is C14H19N5OS. The summed E-state index contributed by atoms with van der Waals surface area (Å²) in [6, 6.07) is 2.49. The molecule has 0 bridgehead atoms. The summed E-state index contributed by atoms with van der Waals surface area (Å²) in [5, 5.41) is 8.80. The zero-order chi connectivity index (χ0) is 14.8. The Labute approximate surface area is 128 Å². The first-order valence-corrected chi connectivity index (χ1v) is 8.25. The second kappa shape index (κ2) is 6.01. The highest BCUT2D eigenvalue weighted by Crippen LogP contribution is 2.24. The second-order valence-electron chi connectivity index (χ2n) is 5.49. The smallest absolute Gasteiger partial charge is 0.255 e. The molecule has 1 saturated heterocycles. The van der Waals surface area contributed by atoms with E-state index >= 15 is 0 Å². The Kier molecular flexibility index (Phi) is 4.10. The van der Waals surface area contributed by atoms with Crippen molar-refractivity contribution in [3.8, 4) is 0 Å². The molecule has 0 radical (unpaired) electrons. The molecule has 0 aliphatic carbocycles. The van der Waals surface area contributed by atoms with Crippen molar-refractivity contribution in [2.24, 2.45) is 0 Å². The van der Waals surface area contributed by atoms with Gasteiger partial charge in [-0.05, 0) is 39.2 Å². The quantitative estimate of drug-likeness (QED) is 0.812. The maximum atomic E-state index is 12.5. The number of nitrogens with zero attached hydrogens (tertiary/aromatic N) is 5. The van der Waals surface area contributed by atoms with E-state index in [1.807, 2.05) is 17.2 Å². The molecule has 1 amide bonds. The van der Waals surface area contributed by atoms with Crippen LogP contribution in [0.4, 0.5) is 0 Å². The summed E-state index contributed by atoms with van der Waals surface area (Å²) < 4.78 is 1.81. The summed E-state index contributed by atoms with van der Waals surface area (Å²) in [5.74, 6) is 1.14. The molecule has 21 heavy (non-hydrogen) atoms. The van der Waals surface area contributed by atoms with Crippen molar-refractivity contribution in [2.75, 3.05) is 5.75 Å². The maximum Gasteiger partial charge on any atom is 0.255 e. The van der Waals surface area contributed by atoms with Crippen LogP contribution < -0.4 is 0 Å². The molecule has 2 aromatic rings. The lowest BCUT2D eigenvalue weighted by Crippen LogP contribution is -2.48. The van der Waals surface area contributed by atoms with E-state index in [1.54, 1.807) is 10.6 Å². The number of fused-ring (bicyclic) bond motifs is 1. The van der Waals surface area contributed by atoms with Gasteiger partial charge in [0.15, 0.2) is 5.16 Å². The van der Waals surface area contributed by atoms with Crippen LogP contribution in [0.3, 0.4) is 0 Å². The van der Waals surface area contributed by atoms with Crippen molar-refractivity contribution < 1.29 is 4.79 Å². The third-order valence-corrected chi connectivity index (χ3v) is 4.89. The molecule has 0 saturated carbocycles. The van der Waals surface area contributed by atoms with Crippen LogP contribution in [0.25, 0.3) is 5.78 Å². The summed E-state index contributed by atoms with van der Waals surface area (Å²) in [5.41, 5.74) is 0. The SMILES string of the molecule is CC1CCCC(C)N1C(=O)CSc1nnc2ncccn12. The number of carbonyl (C=O) groups is 1. The Morgan fingerprint density at radius 3 is 2.86 bits per heavy atom. The minimum Gasteiger partial charge on any atom is -0.337 e. The van der Waals surface area contributed by atoms with E-state index in [9.17, 15) is 4.79 Å². The summed E-state index contributed by atoms with van der Waals surface area (Å²) in [6.07, 6.45) is 6.94. The summed E-state index contributed by atoms with van der Waals surface area (Å²) in [6.45, 7) is 4.27. The lowest BCUT2D eigenvalue weighted by atomic mass is 9.98. The van der Waals surface area contributed by atoms with Gasteiger partial charge in [0, 0.05) is 24.5 Å². The lowest BCUT2D eigenvalue weighted by molar-refractivity contribution is -0.134. The van der Waals surface area contributed by atoms with Crippen LogP contribution in [-0.2, 0) is 4.79 Å². The van der Waals surface area contributed by atoms with Crippen molar-refractivity contribution in [1.82, 2.24) is 24.5 Å². The number of hydrogen-bond acceptors (Lipinski definition) is 5. The number of rotatable bonds is 3. The number of aromatic nitrogens is 4. The Morgan fingerprint density at radius 2 is 2.10 bits per heavy atom. The van der Waals surface area contributed by atoms with E-state index in [-0.39, 0.29) is 5.91 Å². The topological polar surface area (TPSA) is 63.4 Å². The highest BCUT2D eigenvalue weighted by Gasteiger charge is 2.28. The van der Waals surface area contributed by atoms with Gasteiger partial charge in [0.2, 0.25) is 5.91 Å². The molecule has 3 heterocycles. The Hall–Kier alpha value is -1.63. The van der Waals surface area contributed by atoms with Crippen LogP contribution in [0.1, 0.15) is 33.1 Å². The Morgan fingerprint density at radius 1 is 1.33 bits per heavy atom. The average molecular weight is 305 g/mol. The predicted molar refractivity (Wildman–Crippen MR) is 81.1 cm³/mol. The highest BCUT2D eigenvalue weighted by molar-refractivity contribution is 7.99. The molecule has 1 aliphatic rings. The standard InChI is InChI=1S/C14H19N5OS/c1-10-5-3-6-11(2)19(10)12(20)9-21-14-17-16-13-15-7-4-8-18(13)14/h4,7-8,10-11H,3,5-6,9H2,1-2H3. The van der Waals surface area contributed by atoms with Crippen molar-refractivity contribution in [3.63, 3.8) is 0 Å². The van der Waals surface area contributed by atoms with Crippen LogP contribution >= 0.6 is 11.8 Å². The first-order valence-electron chi connectivity index (χ1n) is 7.26. The fourth-order valence-electron chi connectivity index (χ4n) is 2.93. The van der Waals surface area contributed by atoms with Gasteiger partial charge < -0.3 is 4.90 Å². The van der Waals surface area contributed by atoms with Crippen molar-refractivity contribution >= 4 is 23.4 Å². The molecule has 2 atom stereocenters. The van der Waals surface area contributed by atoms with E-state index in [1.165, 1.54) is 18.2 Å². The van der Waals surface area contributed by atoms with E-state index in [0.717, 1.165) is 12.8 Å². The number of likely N-dealkylation sites (tertiary alicyclic amines) is 1. The number of carbonyl (C=O) groups excluding carboxylic acids is 1. The summed E-state index contributed by atoms with van der Waals surface area (Å²) in [7, 11) is 0. The van der Waals surface area contributed by atoms with Crippen LogP contribution in [0.15, 0.2) is 23.6 Å². The molecule has 1 fully saturated rings. The molecule has 2 unspecified atom stereocenters. The second-order valence-corrected chi connectivity index (χ2v) is 6.43. The van der Waals surface area contributed by atoms with Gasteiger partial charge in [-0.3, -0.25) is 9.20 Å². The fourth-order valence-corrected chi connectivity index (χ4v) is 3.72. The number of amides is 1. The maximum absolute atomic E-state index is 12.5. The first-order chi connectivity index (χ1) is 10.2. The normalized spacial score (nSPS) is 22.7. The minimum atomic E-state index is 0.181. The molecule has 0 N–H and O–H groups in total. The molecule has 7 heteroatoms. The van der Waals surface area contributed by atoms with E-state index < -0.39 is 0 Å². The highest BCUT2D eigenvalue weighted by atomic mass is 32.2. The van der Waals surface area contributed by atoms with Crippen molar-refractivity contribution in [3.05, 3.63) is 18.5 Å². The van der Waals surface area contributed by atoms with Gasteiger partial charge in [-0.15, -0.1) is 10.2 Å². The third-order valence-electron chi connectivity index (χ3n) is 3.96. The predicted octanol–water partition coefficient (Wildman–Crippen LogP) is 2.01. The molecule has 0 aromatic carbocycles. The molecule has 3 rings (SSSR count). The van der Waals surface area contributed by atoms with E-state index in [4.69, 9.17) is 0 Å². The van der Waals surface area contributed by atoms with Crippen LogP contribution in [0.2, 0.25) is 0 Å². The largest absolute Gasteiger partial charge is 0.337 e. The van der Waals surface area contributed by atoms with Gasteiger partial charge in [0.05, 0.1) is 5.75 Å². The molecule has 0 spiro atoms. The van der Waals surface area contributed by atoms with Gasteiger partial charge in [-0.1, -0.05) is 11.8 Å². The number of hydrogen-bond donors (Lipinski definition) is 0.